The molecule has 19 heavy (non-hydrogen) atoms. The zero-order valence-electron chi connectivity index (χ0n) is 11.6. The summed E-state index contributed by atoms with van der Waals surface area (Å²) in [5, 5.41) is 12.2. The van der Waals surface area contributed by atoms with E-state index in [1.807, 2.05) is 17.7 Å². The van der Waals surface area contributed by atoms with Crippen LogP contribution >= 0.6 is 0 Å². The number of nitrogen functional groups attached to an aromatic ring is 1. The number of benzene rings is 1. The molecule has 2 N–H and O–H groups in total. The second-order valence-corrected chi connectivity index (χ2v) is 5.70. The number of aryl methyl sites for hydroxylation is 2. The monoisotopic (exact) mass is 257 g/mol. The van der Waals surface area contributed by atoms with Crippen LogP contribution in [0.25, 0.3) is 11.4 Å². The summed E-state index contributed by atoms with van der Waals surface area (Å²) < 4.78 is 1.96. The van der Waals surface area contributed by atoms with Crippen LogP contribution in [0, 0.1) is 19.8 Å². The molecule has 1 aromatic carbocycles. The summed E-state index contributed by atoms with van der Waals surface area (Å²) in [4.78, 5) is 0. The summed E-state index contributed by atoms with van der Waals surface area (Å²) >= 11 is 0. The Morgan fingerprint density at radius 1 is 1.21 bits per heavy atom. The molecule has 1 fully saturated rings. The highest BCUT2D eigenvalue weighted by molar-refractivity contribution is 5.67. The van der Waals surface area contributed by atoms with Gasteiger partial charge in [-0.05, 0) is 60.2 Å². The number of hydrogen-bond acceptors (Lipinski definition) is 4. The predicted molar refractivity (Wildman–Crippen MR) is 74.6 cm³/mol. The quantitative estimate of drug-likeness (QED) is 0.839. The van der Waals surface area contributed by atoms with E-state index in [1.165, 1.54) is 0 Å². The minimum absolute atomic E-state index is 0.432. The highest BCUT2D eigenvalue weighted by Gasteiger charge is 2.30. The third-order valence-corrected chi connectivity index (χ3v) is 4.04. The van der Waals surface area contributed by atoms with Gasteiger partial charge >= 0.3 is 0 Å². The fourth-order valence-electron chi connectivity index (χ4n) is 2.79. The van der Waals surface area contributed by atoms with Gasteiger partial charge in [0.15, 0.2) is 5.82 Å². The highest BCUT2D eigenvalue weighted by atomic mass is 15.6. The van der Waals surface area contributed by atoms with Gasteiger partial charge in [0.2, 0.25) is 0 Å². The third-order valence-electron chi connectivity index (χ3n) is 4.04. The fourth-order valence-corrected chi connectivity index (χ4v) is 2.79. The molecule has 0 amide bonds. The van der Waals surface area contributed by atoms with Crippen molar-refractivity contribution in [2.75, 3.05) is 5.73 Å². The SMILES string of the molecule is Cc1cc(C)c(-c2nnnn2C2CC(C)C2)cc1N. The van der Waals surface area contributed by atoms with Crippen molar-refractivity contribution in [3.8, 4) is 11.4 Å². The second-order valence-electron chi connectivity index (χ2n) is 5.70. The first-order valence-electron chi connectivity index (χ1n) is 6.71. The van der Waals surface area contributed by atoms with Crippen LogP contribution in [0.1, 0.15) is 36.9 Å². The minimum Gasteiger partial charge on any atom is -0.398 e. The van der Waals surface area contributed by atoms with Crippen LogP contribution in [-0.2, 0) is 0 Å². The van der Waals surface area contributed by atoms with Gasteiger partial charge in [-0.15, -0.1) is 5.10 Å². The van der Waals surface area contributed by atoms with Crippen LogP contribution in [0.5, 0.6) is 0 Å². The van der Waals surface area contributed by atoms with Crippen LogP contribution in [-0.4, -0.2) is 20.2 Å². The number of tetrazole rings is 1. The summed E-state index contributed by atoms with van der Waals surface area (Å²) in [5.74, 6) is 1.60. The lowest BCUT2D eigenvalue weighted by molar-refractivity contribution is 0.199. The molecular weight excluding hydrogens is 238 g/mol. The molecule has 0 radical (unpaired) electrons. The van der Waals surface area contributed by atoms with Gasteiger partial charge < -0.3 is 5.73 Å². The molecule has 1 saturated carbocycles. The molecule has 2 aromatic rings. The van der Waals surface area contributed by atoms with Crippen LogP contribution in [0.15, 0.2) is 12.1 Å². The molecule has 1 aromatic heterocycles. The molecule has 5 heteroatoms. The smallest absolute Gasteiger partial charge is 0.182 e. The molecule has 1 aliphatic rings. The Kier molecular flexibility index (Phi) is 2.77. The maximum atomic E-state index is 6.01. The zero-order chi connectivity index (χ0) is 13.6. The molecule has 5 nitrogen and oxygen atoms in total. The number of aromatic nitrogens is 4. The predicted octanol–water partition coefficient (Wildman–Crippen LogP) is 2.51. The summed E-state index contributed by atoms with van der Waals surface area (Å²) in [6, 6.07) is 4.50. The summed E-state index contributed by atoms with van der Waals surface area (Å²) in [7, 11) is 0. The molecule has 1 heterocycles. The minimum atomic E-state index is 0.432. The van der Waals surface area contributed by atoms with E-state index in [2.05, 4.69) is 35.4 Å². The van der Waals surface area contributed by atoms with Gasteiger partial charge in [-0.25, -0.2) is 4.68 Å². The van der Waals surface area contributed by atoms with Crippen LogP contribution in [0.3, 0.4) is 0 Å². The first-order valence-corrected chi connectivity index (χ1v) is 6.71. The van der Waals surface area contributed by atoms with E-state index < -0.39 is 0 Å². The summed E-state index contributed by atoms with van der Waals surface area (Å²) in [6.07, 6.45) is 2.30. The van der Waals surface area contributed by atoms with Crippen LogP contribution in [0.4, 0.5) is 5.69 Å². The number of nitrogens with zero attached hydrogens (tertiary/aromatic N) is 4. The van der Waals surface area contributed by atoms with Crippen molar-refractivity contribution in [1.82, 2.24) is 20.2 Å². The van der Waals surface area contributed by atoms with Gasteiger partial charge in [0.05, 0.1) is 6.04 Å². The first-order chi connectivity index (χ1) is 9.06. The van der Waals surface area contributed by atoms with E-state index in [-0.39, 0.29) is 0 Å². The Hall–Kier alpha value is -1.91. The van der Waals surface area contributed by atoms with E-state index in [4.69, 9.17) is 5.73 Å². The van der Waals surface area contributed by atoms with Gasteiger partial charge in [0.25, 0.3) is 0 Å². The lowest BCUT2D eigenvalue weighted by Gasteiger charge is -2.32. The molecular formula is C14H19N5. The van der Waals surface area contributed by atoms with Crippen molar-refractivity contribution in [2.45, 2.75) is 39.7 Å². The Labute approximate surface area is 112 Å². The maximum Gasteiger partial charge on any atom is 0.182 e. The van der Waals surface area contributed by atoms with Gasteiger partial charge in [0.1, 0.15) is 0 Å². The Bertz CT molecular complexity index is 610. The standard InChI is InChI=1S/C14H19N5/c1-8-4-11(5-8)19-14(16-17-18-19)12-7-13(15)10(3)6-9(12)2/h6-8,11H,4-5,15H2,1-3H3. The summed E-state index contributed by atoms with van der Waals surface area (Å²) in [6.45, 7) is 6.35. The van der Waals surface area contributed by atoms with Gasteiger partial charge in [-0.3, -0.25) is 0 Å². The van der Waals surface area contributed by atoms with Crippen molar-refractivity contribution < 1.29 is 0 Å². The van der Waals surface area contributed by atoms with E-state index in [0.717, 1.165) is 47.0 Å². The van der Waals surface area contributed by atoms with E-state index in [0.29, 0.717) is 6.04 Å². The van der Waals surface area contributed by atoms with Crippen LogP contribution < -0.4 is 5.73 Å². The number of anilines is 1. The van der Waals surface area contributed by atoms with Crippen molar-refractivity contribution in [3.05, 3.63) is 23.3 Å². The number of nitrogens with two attached hydrogens (primary N) is 1. The van der Waals surface area contributed by atoms with E-state index >= 15 is 0 Å². The Morgan fingerprint density at radius 2 is 1.95 bits per heavy atom. The van der Waals surface area contributed by atoms with Crippen LogP contribution in [0.2, 0.25) is 0 Å². The number of hydrogen-bond donors (Lipinski definition) is 1. The highest BCUT2D eigenvalue weighted by Crippen LogP contribution is 2.39. The largest absolute Gasteiger partial charge is 0.398 e. The number of rotatable bonds is 2. The molecule has 0 bridgehead atoms. The van der Waals surface area contributed by atoms with Gasteiger partial charge in [-0.1, -0.05) is 13.0 Å². The average molecular weight is 257 g/mol. The normalized spacial score (nSPS) is 22.3. The lowest BCUT2D eigenvalue weighted by atomic mass is 9.82. The molecule has 0 unspecified atom stereocenters. The molecule has 0 saturated heterocycles. The van der Waals surface area contributed by atoms with Crippen molar-refractivity contribution in [3.63, 3.8) is 0 Å². The van der Waals surface area contributed by atoms with Gasteiger partial charge in [0, 0.05) is 11.3 Å². The molecule has 0 spiro atoms. The molecule has 3 rings (SSSR count). The average Bonchev–Trinajstić information content (AvgIpc) is 2.78. The summed E-state index contributed by atoms with van der Waals surface area (Å²) in [5.41, 5.74) is 10.1. The maximum absolute atomic E-state index is 6.01. The van der Waals surface area contributed by atoms with Crippen molar-refractivity contribution in [1.29, 1.82) is 0 Å². The van der Waals surface area contributed by atoms with Gasteiger partial charge in [-0.2, -0.15) is 0 Å². The molecule has 0 aliphatic heterocycles. The lowest BCUT2D eigenvalue weighted by Crippen LogP contribution is -2.26. The van der Waals surface area contributed by atoms with Crippen molar-refractivity contribution >= 4 is 5.69 Å². The second kappa shape index (κ2) is 4.33. The topological polar surface area (TPSA) is 69.6 Å². The van der Waals surface area contributed by atoms with E-state index in [9.17, 15) is 0 Å². The fraction of sp³-hybridized carbons (Fsp3) is 0.500. The molecule has 0 atom stereocenters. The van der Waals surface area contributed by atoms with E-state index in [1.54, 1.807) is 0 Å². The Morgan fingerprint density at radius 3 is 2.63 bits per heavy atom. The molecule has 1 aliphatic carbocycles. The Balaban J connectivity index is 2.03. The zero-order valence-corrected chi connectivity index (χ0v) is 11.6. The third kappa shape index (κ3) is 1.99. The van der Waals surface area contributed by atoms with Crippen molar-refractivity contribution in [2.24, 2.45) is 5.92 Å². The molecule has 100 valence electrons. The first kappa shape index (κ1) is 12.1.